The minimum atomic E-state index is -0.325. The van der Waals surface area contributed by atoms with Crippen molar-refractivity contribution >= 4 is 27.9 Å². The summed E-state index contributed by atoms with van der Waals surface area (Å²) in [5.74, 6) is 0. The molecule has 0 atom stereocenters. The molecule has 108 valence electrons. The first-order valence-electron chi connectivity index (χ1n) is 6.98. The van der Waals surface area contributed by atoms with Crippen LogP contribution in [0.5, 0.6) is 0 Å². The van der Waals surface area contributed by atoms with Gasteiger partial charge in [0, 0.05) is 17.3 Å². The lowest BCUT2D eigenvalue weighted by Crippen LogP contribution is -2.22. The van der Waals surface area contributed by atoms with Gasteiger partial charge in [0.05, 0.1) is 11.0 Å². The number of fused-ring (bicyclic) bond motifs is 3. The molecule has 0 saturated carbocycles. The van der Waals surface area contributed by atoms with E-state index >= 15 is 0 Å². The molecule has 0 fully saturated rings. The van der Waals surface area contributed by atoms with Crippen molar-refractivity contribution in [2.75, 3.05) is 27.2 Å². The van der Waals surface area contributed by atoms with Gasteiger partial charge in [-0.05, 0) is 26.2 Å². The van der Waals surface area contributed by atoms with Crippen molar-refractivity contribution in [3.8, 4) is 0 Å². The van der Waals surface area contributed by atoms with E-state index in [2.05, 4.69) is 0 Å². The first kappa shape index (κ1) is 13.6. The van der Waals surface area contributed by atoms with Crippen molar-refractivity contribution in [3.05, 3.63) is 48.5 Å². The van der Waals surface area contributed by atoms with Gasteiger partial charge in [-0.2, -0.15) is 0 Å². The Labute approximate surface area is 123 Å². The second-order valence-corrected chi connectivity index (χ2v) is 5.29. The van der Waals surface area contributed by atoms with E-state index in [1.54, 1.807) is 4.57 Å². The van der Waals surface area contributed by atoms with Gasteiger partial charge < -0.3 is 9.64 Å². The minimum Gasteiger partial charge on any atom is -0.448 e. The van der Waals surface area contributed by atoms with E-state index in [1.807, 2.05) is 67.5 Å². The van der Waals surface area contributed by atoms with Crippen LogP contribution in [0.15, 0.2) is 48.5 Å². The number of carbonyl (C=O) groups is 1. The number of aromatic nitrogens is 1. The highest BCUT2D eigenvalue weighted by atomic mass is 16.5. The molecule has 0 aliphatic carbocycles. The number of ether oxygens (including phenoxy) is 1. The van der Waals surface area contributed by atoms with Gasteiger partial charge in [-0.15, -0.1) is 0 Å². The van der Waals surface area contributed by atoms with Crippen LogP contribution >= 0.6 is 0 Å². The molecule has 21 heavy (non-hydrogen) atoms. The van der Waals surface area contributed by atoms with Crippen LogP contribution in [0.3, 0.4) is 0 Å². The summed E-state index contributed by atoms with van der Waals surface area (Å²) >= 11 is 0. The van der Waals surface area contributed by atoms with Crippen molar-refractivity contribution in [2.45, 2.75) is 0 Å². The highest BCUT2D eigenvalue weighted by molar-refractivity contribution is 6.12. The molecule has 0 unspecified atom stereocenters. The van der Waals surface area contributed by atoms with Crippen molar-refractivity contribution in [2.24, 2.45) is 0 Å². The molecule has 0 saturated heterocycles. The summed E-state index contributed by atoms with van der Waals surface area (Å²) < 4.78 is 7.05. The van der Waals surface area contributed by atoms with Gasteiger partial charge >= 0.3 is 6.09 Å². The van der Waals surface area contributed by atoms with Crippen molar-refractivity contribution in [1.82, 2.24) is 9.47 Å². The Morgan fingerprint density at radius 3 is 2.05 bits per heavy atom. The summed E-state index contributed by atoms with van der Waals surface area (Å²) in [5, 5.41) is 2.13. The number of likely N-dealkylation sites (N-methyl/N-ethyl adjacent to an activating group) is 1. The molecule has 0 bridgehead atoms. The zero-order chi connectivity index (χ0) is 14.8. The van der Waals surface area contributed by atoms with Gasteiger partial charge in [0.15, 0.2) is 0 Å². The van der Waals surface area contributed by atoms with E-state index in [0.29, 0.717) is 13.2 Å². The summed E-state index contributed by atoms with van der Waals surface area (Å²) in [7, 11) is 3.91. The maximum Gasteiger partial charge on any atom is 0.419 e. The van der Waals surface area contributed by atoms with Crippen molar-refractivity contribution in [3.63, 3.8) is 0 Å². The van der Waals surface area contributed by atoms with Crippen LogP contribution in [0.25, 0.3) is 21.8 Å². The van der Waals surface area contributed by atoms with E-state index in [1.165, 1.54) is 0 Å². The molecule has 3 aromatic rings. The molecule has 0 radical (unpaired) electrons. The van der Waals surface area contributed by atoms with Gasteiger partial charge in [0.1, 0.15) is 6.61 Å². The summed E-state index contributed by atoms with van der Waals surface area (Å²) in [4.78, 5) is 14.4. The average Bonchev–Trinajstić information content (AvgIpc) is 2.81. The van der Waals surface area contributed by atoms with Gasteiger partial charge in [0.2, 0.25) is 0 Å². The standard InChI is InChI=1S/C17H18N2O2/c1-18(2)11-12-21-17(20)19-15-9-5-3-7-13(15)14-8-4-6-10-16(14)19/h3-10H,11-12H2,1-2H3. The monoisotopic (exact) mass is 282 g/mol. The number of benzene rings is 2. The van der Waals surface area contributed by atoms with Gasteiger partial charge in [-0.25, -0.2) is 9.36 Å². The van der Waals surface area contributed by atoms with Crippen molar-refractivity contribution in [1.29, 1.82) is 0 Å². The zero-order valence-electron chi connectivity index (χ0n) is 12.2. The van der Waals surface area contributed by atoms with Gasteiger partial charge in [-0.3, -0.25) is 0 Å². The number of hydrogen-bond acceptors (Lipinski definition) is 3. The largest absolute Gasteiger partial charge is 0.448 e. The lowest BCUT2D eigenvalue weighted by Gasteiger charge is -2.11. The Hall–Kier alpha value is -2.33. The molecular formula is C17H18N2O2. The highest BCUT2D eigenvalue weighted by Crippen LogP contribution is 2.28. The summed E-state index contributed by atoms with van der Waals surface area (Å²) in [5.41, 5.74) is 1.77. The van der Waals surface area contributed by atoms with Crippen LogP contribution in [0.2, 0.25) is 0 Å². The second-order valence-electron chi connectivity index (χ2n) is 5.29. The first-order valence-corrected chi connectivity index (χ1v) is 6.98. The van der Waals surface area contributed by atoms with E-state index < -0.39 is 0 Å². The molecule has 1 aromatic heterocycles. The molecule has 0 spiro atoms. The lowest BCUT2D eigenvalue weighted by atomic mass is 10.2. The van der Waals surface area contributed by atoms with Crippen LogP contribution in [0, 0.1) is 0 Å². The predicted molar refractivity (Wildman–Crippen MR) is 84.7 cm³/mol. The Balaban J connectivity index is 2.05. The van der Waals surface area contributed by atoms with E-state index in [4.69, 9.17) is 4.74 Å². The Morgan fingerprint density at radius 2 is 1.52 bits per heavy atom. The van der Waals surface area contributed by atoms with Gasteiger partial charge in [-0.1, -0.05) is 36.4 Å². The fourth-order valence-corrected chi connectivity index (χ4v) is 2.50. The van der Waals surface area contributed by atoms with Crippen LogP contribution in [-0.2, 0) is 4.74 Å². The molecule has 0 aliphatic rings. The molecule has 0 aliphatic heterocycles. The third-order valence-electron chi connectivity index (χ3n) is 3.53. The fraction of sp³-hybridized carbons (Fsp3) is 0.235. The van der Waals surface area contributed by atoms with Crippen LogP contribution in [0.4, 0.5) is 4.79 Å². The number of carbonyl (C=O) groups excluding carboxylic acids is 1. The molecule has 3 rings (SSSR count). The van der Waals surface area contributed by atoms with E-state index in [0.717, 1.165) is 21.8 Å². The van der Waals surface area contributed by atoms with E-state index in [-0.39, 0.29) is 6.09 Å². The first-order chi connectivity index (χ1) is 10.2. The zero-order valence-corrected chi connectivity index (χ0v) is 12.2. The van der Waals surface area contributed by atoms with Crippen LogP contribution in [-0.4, -0.2) is 42.8 Å². The highest BCUT2D eigenvalue weighted by Gasteiger charge is 2.16. The predicted octanol–water partition coefficient (Wildman–Crippen LogP) is 3.34. The Kier molecular flexibility index (Phi) is 3.62. The molecule has 0 N–H and O–H groups in total. The Bertz CT molecular complexity index is 736. The lowest BCUT2D eigenvalue weighted by molar-refractivity contribution is 0.140. The number of nitrogens with zero attached hydrogens (tertiary/aromatic N) is 2. The summed E-state index contributed by atoms with van der Waals surface area (Å²) in [6, 6.07) is 15.8. The summed E-state index contributed by atoms with van der Waals surface area (Å²) in [6.07, 6.45) is -0.325. The fourth-order valence-electron chi connectivity index (χ4n) is 2.50. The quantitative estimate of drug-likeness (QED) is 0.739. The normalized spacial score (nSPS) is 11.4. The number of rotatable bonds is 3. The number of hydrogen-bond donors (Lipinski definition) is 0. The second kappa shape index (κ2) is 5.58. The third kappa shape index (κ3) is 2.50. The minimum absolute atomic E-state index is 0.325. The van der Waals surface area contributed by atoms with Crippen LogP contribution in [0.1, 0.15) is 0 Å². The topological polar surface area (TPSA) is 34.5 Å². The maximum absolute atomic E-state index is 12.4. The van der Waals surface area contributed by atoms with E-state index in [9.17, 15) is 4.79 Å². The van der Waals surface area contributed by atoms with Crippen molar-refractivity contribution < 1.29 is 9.53 Å². The summed E-state index contributed by atoms with van der Waals surface area (Å²) in [6.45, 7) is 1.09. The Morgan fingerprint density at radius 1 is 1.00 bits per heavy atom. The smallest absolute Gasteiger partial charge is 0.419 e. The molecule has 0 amide bonds. The van der Waals surface area contributed by atoms with Crippen LogP contribution < -0.4 is 0 Å². The third-order valence-corrected chi connectivity index (χ3v) is 3.53. The number of para-hydroxylation sites is 2. The molecule has 4 nitrogen and oxygen atoms in total. The molecule has 4 heteroatoms. The van der Waals surface area contributed by atoms with Gasteiger partial charge in [0.25, 0.3) is 0 Å². The SMILES string of the molecule is CN(C)CCOC(=O)n1c2ccccc2c2ccccc21. The molecule has 1 heterocycles. The molecular weight excluding hydrogens is 264 g/mol. The maximum atomic E-state index is 12.4. The molecule has 2 aromatic carbocycles. The average molecular weight is 282 g/mol.